The summed E-state index contributed by atoms with van der Waals surface area (Å²) in [5.74, 6) is -0.603. The normalized spacial score (nSPS) is 10.5. The van der Waals surface area contributed by atoms with Crippen LogP contribution in [0.3, 0.4) is 0 Å². The summed E-state index contributed by atoms with van der Waals surface area (Å²) in [5, 5.41) is 4.45. The summed E-state index contributed by atoms with van der Waals surface area (Å²) in [5.41, 5.74) is 9.38. The van der Waals surface area contributed by atoms with E-state index in [2.05, 4.69) is 15.5 Å². The van der Waals surface area contributed by atoms with Gasteiger partial charge < -0.3 is 5.73 Å². The van der Waals surface area contributed by atoms with Crippen molar-refractivity contribution in [2.24, 2.45) is 12.8 Å². The number of nitrogens with one attached hydrogen (secondary N) is 2. The van der Waals surface area contributed by atoms with E-state index in [1.165, 1.54) is 11.0 Å². The van der Waals surface area contributed by atoms with Crippen molar-refractivity contribution in [3.8, 4) is 0 Å². The third kappa shape index (κ3) is 2.43. The molecule has 0 fully saturated rings. The van der Waals surface area contributed by atoms with Crippen LogP contribution in [0.5, 0.6) is 0 Å². The van der Waals surface area contributed by atoms with Gasteiger partial charge in [-0.05, 0) is 6.92 Å². The Morgan fingerprint density at radius 3 is 2.75 bits per heavy atom. The first kappa shape index (κ1) is 13.5. The van der Waals surface area contributed by atoms with E-state index in [4.69, 9.17) is 5.73 Å². The zero-order valence-electron chi connectivity index (χ0n) is 10.9. The van der Waals surface area contributed by atoms with Crippen molar-refractivity contribution in [3.63, 3.8) is 0 Å². The van der Waals surface area contributed by atoms with Crippen LogP contribution in [0.25, 0.3) is 11.0 Å². The van der Waals surface area contributed by atoms with Crippen molar-refractivity contribution >= 4 is 23.0 Å². The lowest BCUT2D eigenvalue weighted by Crippen LogP contribution is -2.46. The number of hydrogen-bond acceptors (Lipinski definition) is 5. The second kappa shape index (κ2) is 4.99. The van der Waals surface area contributed by atoms with Crippen LogP contribution in [0.4, 0.5) is 4.79 Å². The van der Waals surface area contributed by atoms with Gasteiger partial charge in [0, 0.05) is 7.05 Å². The Hall–Kier alpha value is -2.91. The smallest absolute Gasteiger partial charge is 0.330 e. The number of hydrazine groups is 1. The predicted molar refractivity (Wildman–Crippen MR) is 68.4 cm³/mol. The van der Waals surface area contributed by atoms with Crippen LogP contribution in [0.1, 0.15) is 5.69 Å². The molecule has 0 radical (unpaired) electrons. The summed E-state index contributed by atoms with van der Waals surface area (Å²) in [7, 11) is 1.68. The van der Waals surface area contributed by atoms with Gasteiger partial charge in [0.25, 0.3) is 11.5 Å². The lowest BCUT2D eigenvalue weighted by Gasteiger charge is -2.06. The number of aryl methyl sites for hydroxylation is 2. The minimum atomic E-state index is -0.901. The highest BCUT2D eigenvalue weighted by molar-refractivity contribution is 5.81. The van der Waals surface area contributed by atoms with Gasteiger partial charge >= 0.3 is 6.03 Å². The Balaban J connectivity index is 2.30. The second-order valence-corrected chi connectivity index (χ2v) is 4.12. The van der Waals surface area contributed by atoms with Gasteiger partial charge in [0.05, 0.1) is 5.69 Å². The Kier molecular flexibility index (Phi) is 3.37. The molecule has 10 heteroatoms. The number of nitrogens with two attached hydrogens (primary N) is 1. The molecule has 0 bridgehead atoms. The van der Waals surface area contributed by atoms with Crippen molar-refractivity contribution in [3.05, 3.63) is 22.4 Å². The zero-order chi connectivity index (χ0) is 14.9. The first-order valence-corrected chi connectivity index (χ1v) is 5.63. The third-order valence-corrected chi connectivity index (χ3v) is 2.63. The van der Waals surface area contributed by atoms with Crippen LogP contribution < -0.4 is 22.1 Å². The molecule has 0 unspecified atom stereocenters. The van der Waals surface area contributed by atoms with Crippen molar-refractivity contribution in [2.75, 3.05) is 0 Å². The number of carbonyl (C=O) groups is 2. The molecule has 106 valence electrons. The minimum absolute atomic E-state index is 0.295. The molecular weight excluding hydrogens is 266 g/mol. The molecule has 20 heavy (non-hydrogen) atoms. The van der Waals surface area contributed by atoms with Crippen LogP contribution in [0.2, 0.25) is 0 Å². The third-order valence-electron chi connectivity index (χ3n) is 2.63. The average molecular weight is 279 g/mol. The van der Waals surface area contributed by atoms with Crippen molar-refractivity contribution in [1.82, 2.24) is 30.2 Å². The predicted octanol–water partition coefficient (Wildman–Crippen LogP) is -1.86. The molecule has 2 rings (SSSR count). The number of carbonyl (C=O) groups excluding carboxylic acids is 2. The van der Waals surface area contributed by atoms with E-state index in [9.17, 15) is 14.4 Å². The number of rotatable bonds is 2. The average Bonchev–Trinajstić information content (AvgIpc) is 2.66. The molecule has 0 aliphatic heterocycles. The van der Waals surface area contributed by atoms with E-state index in [1.807, 2.05) is 5.43 Å². The van der Waals surface area contributed by atoms with E-state index in [0.29, 0.717) is 16.7 Å². The topological polar surface area (TPSA) is 137 Å². The summed E-state index contributed by atoms with van der Waals surface area (Å²) in [6, 6.07) is -0.901. The van der Waals surface area contributed by atoms with Crippen LogP contribution in [-0.4, -0.2) is 31.3 Å². The molecule has 10 nitrogen and oxygen atoms in total. The molecular formula is C10H13N7O3. The van der Waals surface area contributed by atoms with Crippen molar-refractivity contribution < 1.29 is 9.59 Å². The van der Waals surface area contributed by atoms with E-state index < -0.39 is 11.9 Å². The van der Waals surface area contributed by atoms with Gasteiger partial charge in [0.15, 0.2) is 5.65 Å². The molecule has 0 aliphatic carbocycles. The second-order valence-electron chi connectivity index (χ2n) is 4.12. The van der Waals surface area contributed by atoms with Gasteiger partial charge in [-0.3, -0.25) is 19.6 Å². The van der Waals surface area contributed by atoms with Gasteiger partial charge in [-0.1, -0.05) is 0 Å². The monoisotopic (exact) mass is 279 g/mol. The fourth-order valence-corrected chi connectivity index (χ4v) is 1.80. The largest absolute Gasteiger partial charge is 0.350 e. The standard InChI is InChI=1S/C10H13N7O3/c1-5-7-8(16(2)15-5)12-4-17(9(7)19)3-6(18)13-14-10(11)20/h4H,3H2,1-2H3,(H,13,18)(H3,11,14,20). The number of nitrogens with zero attached hydrogens (tertiary/aromatic N) is 4. The van der Waals surface area contributed by atoms with Crippen LogP contribution in [0, 0.1) is 6.92 Å². The molecule has 4 N–H and O–H groups in total. The number of urea groups is 1. The van der Waals surface area contributed by atoms with Gasteiger partial charge in [0.2, 0.25) is 0 Å². The van der Waals surface area contributed by atoms with E-state index in [0.717, 1.165) is 4.57 Å². The molecule has 0 atom stereocenters. The van der Waals surface area contributed by atoms with E-state index >= 15 is 0 Å². The highest BCUT2D eigenvalue weighted by atomic mass is 16.2. The summed E-state index contributed by atoms with van der Waals surface area (Å²) in [6.07, 6.45) is 1.25. The minimum Gasteiger partial charge on any atom is -0.350 e. The number of primary amides is 1. The first-order chi connectivity index (χ1) is 9.40. The lowest BCUT2D eigenvalue weighted by atomic mass is 10.3. The lowest BCUT2D eigenvalue weighted by molar-refractivity contribution is -0.122. The fraction of sp³-hybridized carbons (Fsp3) is 0.300. The Morgan fingerprint density at radius 2 is 2.10 bits per heavy atom. The van der Waals surface area contributed by atoms with Crippen LogP contribution in [0.15, 0.2) is 11.1 Å². The highest BCUT2D eigenvalue weighted by Gasteiger charge is 2.13. The van der Waals surface area contributed by atoms with Gasteiger partial charge in [-0.25, -0.2) is 19.9 Å². The van der Waals surface area contributed by atoms with E-state index in [1.54, 1.807) is 14.0 Å². The summed E-state index contributed by atoms with van der Waals surface area (Å²) in [4.78, 5) is 38.3. The SMILES string of the molecule is Cc1nn(C)c2ncn(CC(=O)NNC(N)=O)c(=O)c12. The van der Waals surface area contributed by atoms with Gasteiger partial charge in [-0.2, -0.15) is 5.10 Å². The van der Waals surface area contributed by atoms with Gasteiger partial charge in [-0.15, -0.1) is 0 Å². The first-order valence-electron chi connectivity index (χ1n) is 5.63. The Labute approximate surface area is 112 Å². The summed E-state index contributed by atoms with van der Waals surface area (Å²) in [6.45, 7) is 1.39. The van der Waals surface area contributed by atoms with Crippen LogP contribution >= 0.6 is 0 Å². The molecule has 0 saturated carbocycles. The maximum atomic E-state index is 12.2. The summed E-state index contributed by atoms with van der Waals surface area (Å²) < 4.78 is 2.61. The maximum Gasteiger partial charge on any atom is 0.330 e. The molecule has 2 heterocycles. The molecule has 2 aromatic heterocycles. The number of aromatic nitrogens is 4. The highest BCUT2D eigenvalue weighted by Crippen LogP contribution is 2.09. The quantitative estimate of drug-likeness (QED) is 0.553. The molecule has 0 spiro atoms. The van der Waals surface area contributed by atoms with Crippen LogP contribution in [-0.2, 0) is 18.4 Å². The van der Waals surface area contributed by atoms with Crippen molar-refractivity contribution in [2.45, 2.75) is 13.5 Å². The molecule has 0 aliphatic rings. The Morgan fingerprint density at radius 1 is 1.40 bits per heavy atom. The van der Waals surface area contributed by atoms with E-state index in [-0.39, 0.29) is 12.1 Å². The fourth-order valence-electron chi connectivity index (χ4n) is 1.80. The molecule has 3 amide bonds. The number of hydrogen-bond donors (Lipinski definition) is 3. The number of fused-ring (bicyclic) bond motifs is 1. The molecule has 0 aromatic carbocycles. The Bertz CT molecular complexity index is 745. The van der Waals surface area contributed by atoms with Gasteiger partial charge in [0.1, 0.15) is 18.3 Å². The van der Waals surface area contributed by atoms with Crippen molar-refractivity contribution in [1.29, 1.82) is 0 Å². The molecule has 2 aromatic rings. The molecule has 0 saturated heterocycles. The zero-order valence-corrected chi connectivity index (χ0v) is 10.9. The summed E-state index contributed by atoms with van der Waals surface area (Å²) >= 11 is 0. The number of amides is 3. The maximum absolute atomic E-state index is 12.2.